The molecule has 0 saturated heterocycles. The van der Waals surface area contributed by atoms with E-state index >= 15 is 0 Å². The topological polar surface area (TPSA) is 29.9 Å². The van der Waals surface area contributed by atoms with E-state index in [0.717, 1.165) is 18.8 Å². The summed E-state index contributed by atoms with van der Waals surface area (Å²) in [7, 11) is 0. The average molecular weight is 355 g/mol. The third kappa shape index (κ3) is 4.10. The SMILES string of the molecule is CC(C)NCc1cn(Cc2ccc(I)cc2)cn1. The molecule has 18 heavy (non-hydrogen) atoms. The van der Waals surface area contributed by atoms with E-state index in [-0.39, 0.29) is 0 Å². The van der Waals surface area contributed by atoms with Crippen LogP contribution < -0.4 is 5.32 Å². The number of imidazole rings is 1. The van der Waals surface area contributed by atoms with Gasteiger partial charge in [0.25, 0.3) is 0 Å². The summed E-state index contributed by atoms with van der Waals surface area (Å²) in [4.78, 5) is 4.40. The van der Waals surface area contributed by atoms with E-state index in [2.05, 4.69) is 81.8 Å². The molecule has 0 atom stereocenters. The van der Waals surface area contributed by atoms with Gasteiger partial charge in [-0.3, -0.25) is 0 Å². The molecule has 0 aliphatic carbocycles. The van der Waals surface area contributed by atoms with Crippen LogP contribution in [0.3, 0.4) is 0 Å². The van der Waals surface area contributed by atoms with Crippen LogP contribution in [-0.2, 0) is 13.1 Å². The van der Waals surface area contributed by atoms with E-state index in [1.165, 1.54) is 9.13 Å². The molecule has 0 aliphatic heterocycles. The van der Waals surface area contributed by atoms with Crippen LogP contribution in [0, 0.1) is 3.57 Å². The lowest BCUT2D eigenvalue weighted by molar-refractivity contribution is 0.582. The summed E-state index contributed by atoms with van der Waals surface area (Å²) in [5.74, 6) is 0. The molecule has 0 unspecified atom stereocenters. The Balaban J connectivity index is 1.95. The predicted molar refractivity (Wildman–Crippen MR) is 82.5 cm³/mol. The maximum Gasteiger partial charge on any atom is 0.0953 e. The summed E-state index contributed by atoms with van der Waals surface area (Å²) in [6.45, 7) is 5.99. The highest BCUT2D eigenvalue weighted by atomic mass is 127. The second-order valence-electron chi connectivity index (χ2n) is 4.70. The molecule has 1 N–H and O–H groups in total. The molecule has 3 nitrogen and oxygen atoms in total. The van der Waals surface area contributed by atoms with Gasteiger partial charge in [-0.05, 0) is 40.3 Å². The van der Waals surface area contributed by atoms with E-state index in [1.807, 2.05) is 6.33 Å². The number of rotatable bonds is 5. The van der Waals surface area contributed by atoms with Crippen molar-refractivity contribution in [1.29, 1.82) is 0 Å². The van der Waals surface area contributed by atoms with Gasteiger partial charge in [0.05, 0.1) is 12.0 Å². The van der Waals surface area contributed by atoms with Gasteiger partial charge in [0.2, 0.25) is 0 Å². The highest BCUT2D eigenvalue weighted by Gasteiger charge is 2.01. The maximum absolute atomic E-state index is 4.40. The molecule has 2 aromatic rings. The minimum Gasteiger partial charge on any atom is -0.333 e. The Labute approximate surface area is 122 Å². The second kappa shape index (κ2) is 6.33. The van der Waals surface area contributed by atoms with Gasteiger partial charge in [-0.25, -0.2) is 4.98 Å². The van der Waals surface area contributed by atoms with Crippen molar-refractivity contribution in [3.8, 4) is 0 Å². The third-order valence-corrected chi connectivity index (χ3v) is 3.38. The standard InChI is InChI=1S/C14H18IN3/c1-11(2)16-7-14-9-18(10-17-14)8-12-3-5-13(15)6-4-12/h3-6,9-11,16H,7-8H2,1-2H3. The van der Waals surface area contributed by atoms with Crippen LogP contribution in [0.25, 0.3) is 0 Å². The molecule has 0 aliphatic rings. The van der Waals surface area contributed by atoms with Crippen molar-refractivity contribution in [2.75, 3.05) is 0 Å². The normalized spacial score (nSPS) is 11.1. The van der Waals surface area contributed by atoms with Crippen molar-refractivity contribution in [2.45, 2.75) is 33.0 Å². The summed E-state index contributed by atoms with van der Waals surface area (Å²) >= 11 is 2.32. The van der Waals surface area contributed by atoms with Crippen molar-refractivity contribution in [1.82, 2.24) is 14.9 Å². The number of nitrogens with zero attached hydrogens (tertiary/aromatic N) is 2. The Bertz CT molecular complexity index is 488. The summed E-state index contributed by atoms with van der Waals surface area (Å²) < 4.78 is 3.39. The van der Waals surface area contributed by atoms with E-state index in [4.69, 9.17) is 0 Å². The largest absolute Gasteiger partial charge is 0.333 e. The first-order valence-corrected chi connectivity index (χ1v) is 7.20. The Morgan fingerprint density at radius 2 is 2.00 bits per heavy atom. The van der Waals surface area contributed by atoms with Crippen LogP contribution in [0.4, 0.5) is 0 Å². The zero-order valence-corrected chi connectivity index (χ0v) is 12.9. The van der Waals surface area contributed by atoms with E-state index in [0.29, 0.717) is 6.04 Å². The van der Waals surface area contributed by atoms with Crippen molar-refractivity contribution >= 4 is 22.6 Å². The van der Waals surface area contributed by atoms with E-state index in [1.54, 1.807) is 0 Å². The lowest BCUT2D eigenvalue weighted by atomic mass is 10.2. The van der Waals surface area contributed by atoms with E-state index in [9.17, 15) is 0 Å². The average Bonchev–Trinajstić information content (AvgIpc) is 2.77. The Morgan fingerprint density at radius 1 is 1.28 bits per heavy atom. The molecule has 0 amide bonds. The number of hydrogen-bond donors (Lipinski definition) is 1. The molecule has 1 aromatic heterocycles. The minimum absolute atomic E-state index is 0.492. The summed E-state index contributed by atoms with van der Waals surface area (Å²) in [5.41, 5.74) is 2.39. The molecule has 0 bridgehead atoms. The lowest BCUT2D eigenvalue weighted by Gasteiger charge is -2.05. The highest BCUT2D eigenvalue weighted by molar-refractivity contribution is 14.1. The van der Waals surface area contributed by atoms with Crippen LogP contribution >= 0.6 is 22.6 Å². The maximum atomic E-state index is 4.40. The molecule has 2 rings (SSSR count). The third-order valence-electron chi connectivity index (χ3n) is 2.66. The summed E-state index contributed by atoms with van der Waals surface area (Å²) in [5, 5.41) is 3.37. The summed E-state index contributed by atoms with van der Waals surface area (Å²) in [6.07, 6.45) is 4.00. The number of benzene rings is 1. The number of aromatic nitrogens is 2. The number of halogens is 1. The van der Waals surface area contributed by atoms with Gasteiger partial charge in [-0.1, -0.05) is 26.0 Å². The Hall–Kier alpha value is -0.880. The van der Waals surface area contributed by atoms with Crippen LogP contribution in [0.5, 0.6) is 0 Å². The second-order valence-corrected chi connectivity index (χ2v) is 5.95. The van der Waals surface area contributed by atoms with Gasteiger partial charge >= 0.3 is 0 Å². The fraction of sp³-hybridized carbons (Fsp3) is 0.357. The summed E-state index contributed by atoms with van der Waals surface area (Å²) in [6, 6.07) is 9.08. The first-order chi connectivity index (χ1) is 8.63. The minimum atomic E-state index is 0.492. The van der Waals surface area contributed by atoms with Gasteiger partial charge in [-0.15, -0.1) is 0 Å². The Kier molecular flexibility index (Phi) is 4.77. The molecular formula is C14H18IN3. The quantitative estimate of drug-likeness (QED) is 0.836. The van der Waals surface area contributed by atoms with Gasteiger partial charge in [0.1, 0.15) is 0 Å². The zero-order chi connectivity index (χ0) is 13.0. The molecule has 4 heteroatoms. The predicted octanol–water partition coefficient (Wildman–Crippen LogP) is 3.03. The van der Waals surface area contributed by atoms with Crippen molar-refractivity contribution < 1.29 is 0 Å². The van der Waals surface area contributed by atoms with Crippen molar-refractivity contribution in [3.05, 3.63) is 51.6 Å². The van der Waals surface area contributed by atoms with Crippen LogP contribution in [0.1, 0.15) is 25.1 Å². The molecule has 0 saturated carbocycles. The molecule has 1 heterocycles. The van der Waals surface area contributed by atoms with Crippen LogP contribution in [-0.4, -0.2) is 15.6 Å². The van der Waals surface area contributed by atoms with Crippen LogP contribution in [0.2, 0.25) is 0 Å². The number of hydrogen-bond acceptors (Lipinski definition) is 2. The van der Waals surface area contributed by atoms with Crippen molar-refractivity contribution in [3.63, 3.8) is 0 Å². The molecule has 0 spiro atoms. The van der Waals surface area contributed by atoms with E-state index < -0.39 is 0 Å². The molecule has 1 aromatic carbocycles. The Morgan fingerprint density at radius 3 is 2.67 bits per heavy atom. The van der Waals surface area contributed by atoms with Gasteiger partial charge < -0.3 is 9.88 Å². The monoisotopic (exact) mass is 355 g/mol. The first-order valence-electron chi connectivity index (χ1n) is 6.12. The molecule has 96 valence electrons. The van der Waals surface area contributed by atoms with Crippen molar-refractivity contribution in [2.24, 2.45) is 0 Å². The zero-order valence-electron chi connectivity index (χ0n) is 10.7. The van der Waals surface area contributed by atoms with Gasteiger partial charge in [0.15, 0.2) is 0 Å². The smallest absolute Gasteiger partial charge is 0.0953 e. The fourth-order valence-corrected chi connectivity index (χ4v) is 2.05. The molecule has 0 radical (unpaired) electrons. The lowest BCUT2D eigenvalue weighted by Crippen LogP contribution is -2.21. The molecule has 0 fully saturated rings. The van der Waals surface area contributed by atoms with Crippen LogP contribution in [0.15, 0.2) is 36.8 Å². The van der Waals surface area contributed by atoms with Gasteiger partial charge in [0, 0.05) is 28.9 Å². The molecular weight excluding hydrogens is 337 g/mol. The number of nitrogens with one attached hydrogen (secondary N) is 1. The highest BCUT2D eigenvalue weighted by Crippen LogP contribution is 2.08. The fourth-order valence-electron chi connectivity index (χ4n) is 1.69. The first kappa shape index (κ1) is 13.5. The van der Waals surface area contributed by atoms with Gasteiger partial charge in [-0.2, -0.15) is 0 Å².